The number of benzene rings is 2. The second-order valence-corrected chi connectivity index (χ2v) is 6.38. The van der Waals surface area contributed by atoms with Crippen molar-refractivity contribution >= 4 is 45.6 Å². The molecule has 2 heterocycles. The van der Waals surface area contributed by atoms with Crippen LogP contribution in [0.3, 0.4) is 0 Å². The quantitative estimate of drug-likeness (QED) is 0.491. The lowest BCUT2D eigenvalue weighted by atomic mass is 10.1. The zero-order valence-corrected chi connectivity index (χ0v) is 13.6. The lowest BCUT2D eigenvalue weighted by Crippen LogP contribution is -3.00. The third-order valence-corrected chi connectivity index (χ3v) is 4.87. The van der Waals surface area contributed by atoms with E-state index in [1.54, 1.807) is 11.8 Å². The summed E-state index contributed by atoms with van der Waals surface area (Å²) in [7, 11) is 2.08. The highest BCUT2D eigenvalue weighted by molar-refractivity contribution is 7.99. The Morgan fingerprint density at radius 3 is 2.76 bits per heavy atom. The molecule has 0 saturated carbocycles. The number of rotatable bonds is 0. The van der Waals surface area contributed by atoms with E-state index in [1.165, 1.54) is 26.4 Å². The lowest BCUT2D eigenvalue weighted by molar-refractivity contribution is -0.646. The van der Waals surface area contributed by atoms with Crippen molar-refractivity contribution in [1.29, 1.82) is 0 Å². The topological polar surface area (TPSA) is 15.9 Å². The van der Waals surface area contributed by atoms with Gasteiger partial charge in [0.05, 0.1) is 16.8 Å². The molecule has 3 aromatic rings. The molecule has 2 nitrogen and oxygen atoms in total. The minimum Gasteiger partial charge on any atom is -1.00 e. The molecule has 1 N–H and O–H groups in total. The summed E-state index contributed by atoms with van der Waals surface area (Å²) in [4.78, 5) is 2.44. The number of para-hydroxylation sites is 1. The van der Waals surface area contributed by atoms with E-state index in [9.17, 15) is 0 Å². The Morgan fingerprint density at radius 2 is 1.90 bits per heavy atom. The highest BCUT2D eigenvalue weighted by Crippen LogP contribution is 2.46. The number of hydrogen-bond acceptors (Lipinski definition) is 2. The third kappa shape index (κ3) is 2.35. The van der Waals surface area contributed by atoms with E-state index >= 15 is 0 Å². The van der Waals surface area contributed by atoms with Crippen LogP contribution in [0.15, 0.2) is 58.5 Å². The van der Waals surface area contributed by atoms with Crippen LogP contribution in [-0.2, 0) is 7.05 Å². The molecule has 0 amide bonds. The van der Waals surface area contributed by atoms with Crippen LogP contribution < -0.4 is 22.3 Å². The Bertz CT molecular complexity index is 849. The summed E-state index contributed by atoms with van der Waals surface area (Å²) in [5.74, 6) is 0. The molecule has 1 aliphatic rings. The van der Waals surface area contributed by atoms with E-state index in [2.05, 4.69) is 53.5 Å². The average molecular weight is 335 g/mol. The minimum absolute atomic E-state index is 0. The van der Waals surface area contributed by atoms with Crippen LogP contribution in [0.1, 0.15) is 0 Å². The number of fused-ring (bicyclic) bond motifs is 4. The fraction of sp³-hybridized carbons (Fsp3) is 0.0625. The zero-order chi connectivity index (χ0) is 13.7. The molecule has 0 spiro atoms. The first-order valence-electron chi connectivity index (χ1n) is 6.38. The Labute approximate surface area is 138 Å². The van der Waals surface area contributed by atoms with Crippen LogP contribution in [0, 0.1) is 0 Å². The standard InChI is InChI=1S/C16H11ClN2S.ClH/c1-19-9-15-16(11-4-2-3-5-13(11)19)18-12-8-10(17)6-7-14(12)20-15;/h2-9H,1H3;1H. The number of aromatic nitrogens is 1. The number of nitrogens with one attached hydrogen (secondary N) is 1. The molecule has 1 aromatic heterocycles. The molecule has 106 valence electrons. The smallest absolute Gasteiger partial charge is 0.214 e. The van der Waals surface area contributed by atoms with Gasteiger partial charge in [-0.25, -0.2) is 0 Å². The molecule has 0 saturated heterocycles. The van der Waals surface area contributed by atoms with Crippen molar-refractivity contribution in [3.8, 4) is 0 Å². The van der Waals surface area contributed by atoms with Gasteiger partial charge < -0.3 is 17.7 Å². The van der Waals surface area contributed by atoms with Crippen molar-refractivity contribution in [2.24, 2.45) is 7.05 Å². The Kier molecular flexibility index (Phi) is 3.74. The molecule has 0 fully saturated rings. The van der Waals surface area contributed by atoms with Gasteiger partial charge in [-0.3, -0.25) is 0 Å². The van der Waals surface area contributed by atoms with Crippen molar-refractivity contribution in [2.45, 2.75) is 9.79 Å². The molecule has 4 rings (SSSR count). The fourth-order valence-electron chi connectivity index (χ4n) is 2.58. The normalized spacial score (nSPS) is 12.1. The van der Waals surface area contributed by atoms with Crippen LogP contribution >= 0.6 is 23.4 Å². The Balaban J connectivity index is 0.00000132. The molecule has 0 unspecified atom stereocenters. The minimum atomic E-state index is 0. The first kappa shape index (κ1) is 14.5. The first-order valence-corrected chi connectivity index (χ1v) is 7.57. The van der Waals surface area contributed by atoms with E-state index < -0.39 is 0 Å². The Morgan fingerprint density at radius 1 is 1.10 bits per heavy atom. The molecular weight excluding hydrogens is 323 g/mol. The van der Waals surface area contributed by atoms with Gasteiger partial charge in [0.1, 0.15) is 11.9 Å². The van der Waals surface area contributed by atoms with Crippen LogP contribution in [0.4, 0.5) is 11.4 Å². The molecule has 5 heteroatoms. The SMILES string of the molecule is C[n+]1cc2c(c3ccccc31)Nc1cc(Cl)ccc1S2.[Cl-]. The van der Waals surface area contributed by atoms with Crippen molar-refractivity contribution in [2.75, 3.05) is 5.32 Å². The molecular formula is C16H12Cl2N2S. The molecule has 0 radical (unpaired) electrons. The van der Waals surface area contributed by atoms with Crippen LogP contribution in [0.25, 0.3) is 10.9 Å². The summed E-state index contributed by atoms with van der Waals surface area (Å²) >= 11 is 7.87. The second-order valence-electron chi connectivity index (χ2n) is 4.86. The van der Waals surface area contributed by atoms with Crippen LogP contribution in [0.5, 0.6) is 0 Å². The summed E-state index contributed by atoms with van der Waals surface area (Å²) in [5, 5.41) is 5.52. The predicted molar refractivity (Wildman–Crippen MR) is 84.0 cm³/mol. The summed E-state index contributed by atoms with van der Waals surface area (Å²) in [5.41, 5.74) is 3.46. The van der Waals surface area contributed by atoms with Gasteiger partial charge in [-0.2, -0.15) is 4.57 Å². The number of hydrogen-bond donors (Lipinski definition) is 1. The van der Waals surface area contributed by atoms with Gasteiger partial charge >= 0.3 is 0 Å². The third-order valence-electron chi connectivity index (χ3n) is 3.53. The van der Waals surface area contributed by atoms with E-state index in [0.29, 0.717) is 0 Å². The number of aryl methyl sites for hydroxylation is 1. The molecule has 21 heavy (non-hydrogen) atoms. The maximum atomic E-state index is 6.09. The maximum absolute atomic E-state index is 6.09. The molecule has 1 aliphatic heterocycles. The number of pyridine rings is 1. The number of halogens is 2. The summed E-state index contributed by atoms with van der Waals surface area (Å²) in [6.45, 7) is 0. The van der Waals surface area contributed by atoms with Crippen molar-refractivity contribution in [3.05, 3.63) is 53.7 Å². The lowest BCUT2D eigenvalue weighted by Gasteiger charge is -2.21. The van der Waals surface area contributed by atoms with Gasteiger partial charge in [0.25, 0.3) is 0 Å². The van der Waals surface area contributed by atoms with Gasteiger partial charge in [-0.1, -0.05) is 35.5 Å². The van der Waals surface area contributed by atoms with Crippen LogP contribution in [-0.4, -0.2) is 0 Å². The van der Waals surface area contributed by atoms with Gasteiger partial charge in [0.2, 0.25) is 5.52 Å². The van der Waals surface area contributed by atoms with Gasteiger partial charge in [-0.05, 0) is 24.3 Å². The largest absolute Gasteiger partial charge is 1.00 e. The van der Waals surface area contributed by atoms with E-state index in [4.69, 9.17) is 11.6 Å². The van der Waals surface area contributed by atoms with Crippen LogP contribution in [0.2, 0.25) is 5.02 Å². The van der Waals surface area contributed by atoms with Crippen molar-refractivity contribution < 1.29 is 17.0 Å². The highest BCUT2D eigenvalue weighted by Gasteiger charge is 2.22. The van der Waals surface area contributed by atoms with Gasteiger partial charge in [-0.15, -0.1) is 0 Å². The van der Waals surface area contributed by atoms with Gasteiger partial charge in [0.15, 0.2) is 6.20 Å². The Hall–Kier alpha value is -1.42. The van der Waals surface area contributed by atoms with E-state index in [0.717, 1.165) is 10.7 Å². The predicted octanol–water partition coefficient (Wildman–Crippen LogP) is 1.53. The monoisotopic (exact) mass is 334 g/mol. The molecule has 0 bridgehead atoms. The number of anilines is 2. The van der Waals surface area contributed by atoms with E-state index in [1.807, 2.05) is 12.1 Å². The molecule has 0 atom stereocenters. The molecule has 0 aliphatic carbocycles. The average Bonchev–Trinajstić information content (AvgIpc) is 2.46. The maximum Gasteiger partial charge on any atom is 0.214 e. The summed E-state index contributed by atoms with van der Waals surface area (Å²) in [6.07, 6.45) is 2.17. The fourth-order valence-corrected chi connectivity index (χ4v) is 3.82. The highest BCUT2D eigenvalue weighted by atomic mass is 35.5. The van der Waals surface area contributed by atoms with Crippen molar-refractivity contribution in [1.82, 2.24) is 0 Å². The first-order chi connectivity index (χ1) is 9.72. The zero-order valence-electron chi connectivity index (χ0n) is 11.2. The summed E-state index contributed by atoms with van der Waals surface area (Å²) in [6, 6.07) is 14.4. The molecule has 2 aromatic carbocycles. The second kappa shape index (κ2) is 5.41. The summed E-state index contributed by atoms with van der Waals surface area (Å²) < 4.78 is 2.17. The van der Waals surface area contributed by atoms with E-state index in [-0.39, 0.29) is 12.4 Å². The van der Waals surface area contributed by atoms with Crippen molar-refractivity contribution in [3.63, 3.8) is 0 Å². The number of nitrogens with zero attached hydrogens (tertiary/aromatic N) is 1. The van der Waals surface area contributed by atoms with Gasteiger partial charge in [0, 0.05) is 16.0 Å².